The van der Waals surface area contributed by atoms with E-state index in [1.165, 1.54) is 5.56 Å². The summed E-state index contributed by atoms with van der Waals surface area (Å²) in [6.45, 7) is 10.9. The number of hydrogen-bond acceptors (Lipinski definition) is 2. The second-order valence-corrected chi connectivity index (χ2v) is 6.20. The number of benzene rings is 1. The van der Waals surface area contributed by atoms with E-state index < -0.39 is 0 Å². The Bertz CT molecular complexity index is 436. The highest BCUT2D eigenvalue weighted by Gasteiger charge is 2.09. The van der Waals surface area contributed by atoms with E-state index in [2.05, 4.69) is 43.2 Å². The van der Waals surface area contributed by atoms with Crippen LogP contribution in [0.4, 0.5) is 0 Å². The van der Waals surface area contributed by atoms with Gasteiger partial charge in [-0.05, 0) is 58.7 Å². The molecule has 5 heteroatoms. The highest BCUT2D eigenvalue weighted by atomic mass is 127. The minimum Gasteiger partial charge on any atom is -0.491 e. The number of ether oxygens (including phenoxy) is 1. The number of aliphatic imine (C=N–C) groups is 1. The maximum absolute atomic E-state index is 5.82. The van der Waals surface area contributed by atoms with Crippen molar-refractivity contribution in [1.29, 1.82) is 0 Å². The normalized spacial score (nSPS) is 12.0. The maximum atomic E-state index is 5.82. The summed E-state index contributed by atoms with van der Waals surface area (Å²) in [7, 11) is 0. The summed E-state index contributed by atoms with van der Waals surface area (Å²) in [5.41, 5.74) is 7.00. The van der Waals surface area contributed by atoms with Gasteiger partial charge in [-0.1, -0.05) is 12.1 Å². The van der Waals surface area contributed by atoms with Crippen LogP contribution in [-0.4, -0.2) is 24.1 Å². The van der Waals surface area contributed by atoms with Crippen molar-refractivity contribution in [1.82, 2.24) is 5.32 Å². The third kappa shape index (κ3) is 9.55. The van der Waals surface area contributed by atoms with Crippen molar-refractivity contribution in [2.45, 2.75) is 52.7 Å². The van der Waals surface area contributed by atoms with E-state index in [1.807, 2.05) is 26.0 Å². The fourth-order valence-electron chi connectivity index (χ4n) is 1.74. The van der Waals surface area contributed by atoms with E-state index in [9.17, 15) is 0 Å². The first kappa shape index (κ1) is 20.0. The molecule has 0 radical (unpaired) electrons. The van der Waals surface area contributed by atoms with Crippen LogP contribution in [0.25, 0.3) is 0 Å². The Kier molecular flexibility index (Phi) is 8.70. The van der Waals surface area contributed by atoms with Gasteiger partial charge < -0.3 is 15.8 Å². The van der Waals surface area contributed by atoms with Crippen molar-refractivity contribution in [3.05, 3.63) is 29.8 Å². The summed E-state index contributed by atoms with van der Waals surface area (Å²) in [6, 6.07) is 8.13. The van der Waals surface area contributed by atoms with Crippen molar-refractivity contribution < 1.29 is 4.74 Å². The van der Waals surface area contributed by atoms with Crippen molar-refractivity contribution in [3.8, 4) is 5.75 Å². The van der Waals surface area contributed by atoms with Crippen LogP contribution in [0.2, 0.25) is 0 Å². The summed E-state index contributed by atoms with van der Waals surface area (Å²) in [6.07, 6.45) is 1.07. The largest absolute Gasteiger partial charge is 0.491 e. The first-order chi connectivity index (χ1) is 9.26. The van der Waals surface area contributed by atoms with Crippen molar-refractivity contribution in [2.75, 3.05) is 6.54 Å². The molecule has 0 amide bonds. The van der Waals surface area contributed by atoms with Gasteiger partial charge in [-0.25, -0.2) is 0 Å². The molecule has 4 nitrogen and oxygen atoms in total. The highest BCUT2D eigenvalue weighted by molar-refractivity contribution is 14.0. The van der Waals surface area contributed by atoms with Crippen LogP contribution in [0, 0.1) is 0 Å². The number of rotatable bonds is 5. The zero-order valence-electron chi connectivity index (χ0n) is 13.6. The lowest BCUT2D eigenvalue weighted by Gasteiger charge is -2.20. The van der Waals surface area contributed by atoms with Crippen LogP contribution in [-0.2, 0) is 6.42 Å². The second kappa shape index (κ2) is 9.12. The minimum absolute atomic E-state index is 0. The van der Waals surface area contributed by atoms with Crippen LogP contribution in [0.5, 0.6) is 5.75 Å². The van der Waals surface area contributed by atoms with Gasteiger partial charge in [-0.2, -0.15) is 0 Å². The monoisotopic (exact) mass is 405 g/mol. The molecular weight excluding hydrogens is 377 g/mol. The molecule has 0 aromatic heterocycles. The molecule has 1 aromatic carbocycles. The van der Waals surface area contributed by atoms with E-state index in [4.69, 9.17) is 10.5 Å². The number of nitrogens with two attached hydrogens (primary N) is 1. The molecule has 0 fully saturated rings. The fourth-order valence-corrected chi connectivity index (χ4v) is 1.74. The molecule has 0 bridgehead atoms. The van der Waals surface area contributed by atoms with E-state index in [1.54, 1.807) is 0 Å². The Morgan fingerprint density at radius 2 is 1.81 bits per heavy atom. The van der Waals surface area contributed by atoms with E-state index in [-0.39, 0.29) is 35.6 Å². The lowest BCUT2D eigenvalue weighted by molar-refractivity contribution is 0.242. The number of nitrogens with one attached hydrogen (secondary N) is 1. The molecule has 0 heterocycles. The summed E-state index contributed by atoms with van der Waals surface area (Å²) in [4.78, 5) is 4.33. The van der Waals surface area contributed by atoms with Crippen molar-refractivity contribution in [2.24, 2.45) is 10.7 Å². The molecule has 0 saturated heterocycles. The first-order valence-corrected chi connectivity index (χ1v) is 7.10. The van der Waals surface area contributed by atoms with Crippen molar-refractivity contribution >= 4 is 29.9 Å². The molecule has 0 spiro atoms. The lowest BCUT2D eigenvalue weighted by Crippen LogP contribution is -2.45. The number of halogens is 1. The van der Waals surface area contributed by atoms with Crippen LogP contribution >= 0.6 is 24.0 Å². The Labute approximate surface area is 145 Å². The van der Waals surface area contributed by atoms with Gasteiger partial charge in [0.25, 0.3) is 0 Å². The third-order valence-corrected chi connectivity index (χ3v) is 2.48. The van der Waals surface area contributed by atoms with Gasteiger partial charge in [0.05, 0.1) is 6.10 Å². The minimum atomic E-state index is -0.0522. The Balaban J connectivity index is 0.00000400. The predicted molar refractivity (Wildman–Crippen MR) is 101 cm³/mol. The molecule has 0 atom stereocenters. The van der Waals surface area contributed by atoms with E-state index in [0.29, 0.717) is 12.5 Å². The van der Waals surface area contributed by atoms with Crippen LogP contribution in [0.1, 0.15) is 40.2 Å². The summed E-state index contributed by atoms with van der Waals surface area (Å²) in [5.74, 6) is 1.40. The smallest absolute Gasteiger partial charge is 0.188 e. The predicted octanol–water partition coefficient (Wildman–Crippen LogP) is 3.34. The van der Waals surface area contributed by atoms with Crippen LogP contribution < -0.4 is 15.8 Å². The van der Waals surface area contributed by atoms with Crippen LogP contribution in [0.15, 0.2) is 29.3 Å². The Morgan fingerprint density at radius 3 is 2.29 bits per heavy atom. The van der Waals surface area contributed by atoms with Crippen LogP contribution in [0.3, 0.4) is 0 Å². The molecule has 0 aliphatic carbocycles. The topological polar surface area (TPSA) is 59.6 Å². The Hall–Kier alpha value is -0.980. The number of guanidine groups is 1. The maximum Gasteiger partial charge on any atom is 0.188 e. The fraction of sp³-hybridized carbons (Fsp3) is 0.562. The quantitative estimate of drug-likeness (QED) is 0.449. The molecule has 0 aliphatic rings. The van der Waals surface area contributed by atoms with Gasteiger partial charge in [0.1, 0.15) is 5.75 Å². The molecule has 21 heavy (non-hydrogen) atoms. The summed E-state index contributed by atoms with van der Waals surface area (Å²) in [5, 5.41) is 3.14. The van der Waals surface area contributed by atoms with Gasteiger partial charge in [-0.3, -0.25) is 4.99 Å². The van der Waals surface area contributed by atoms with Gasteiger partial charge in [0, 0.05) is 12.1 Å². The zero-order valence-corrected chi connectivity index (χ0v) is 16.0. The standard InChI is InChI=1S/C16H27N3O.HI/c1-12(2)20-14-8-6-13(7-9-14)10-11-18-15(17)19-16(3,4)5;/h6-9,12H,10-11H2,1-5H3,(H3,17,18,19);1H. The Morgan fingerprint density at radius 1 is 1.24 bits per heavy atom. The van der Waals surface area contributed by atoms with Gasteiger partial charge >= 0.3 is 0 Å². The molecular formula is C16H28IN3O. The third-order valence-electron chi connectivity index (χ3n) is 2.48. The van der Waals surface area contributed by atoms with Crippen molar-refractivity contribution in [3.63, 3.8) is 0 Å². The number of hydrogen-bond donors (Lipinski definition) is 2. The highest BCUT2D eigenvalue weighted by Crippen LogP contribution is 2.14. The van der Waals surface area contributed by atoms with Gasteiger partial charge in [0.2, 0.25) is 0 Å². The zero-order chi connectivity index (χ0) is 15.2. The molecule has 120 valence electrons. The number of nitrogens with zero attached hydrogens (tertiary/aromatic N) is 1. The lowest BCUT2D eigenvalue weighted by atomic mass is 10.1. The average molecular weight is 405 g/mol. The molecule has 0 aliphatic heterocycles. The average Bonchev–Trinajstić information content (AvgIpc) is 2.28. The summed E-state index contributed by atoms with van der Waals surface area (Å²) >= 11 is 0. The SMILES string of the molecule is CC(C)Oc1ccc(CCN=C(N)NC(C)(C)C)cc1.I. The molecule has 1 aromatic rings. The molecule has 0 unspecified atom stereocenters. The summed E-state index contributed by atoms with van der Waals surface area (Å²) < 4.78 is 5.61. The molecule has 0 saturated carbocycles. The molecule has 3 N–H and O–H groups in total. The van der Waals surface area contributed by atoms with E-state index >= 15 is 0 Å². The van der Waals surface area contributed by atoms with Gasteiger partial charge in [-0.15, -0.1) is 24.0 Å². The molecule has 1 rings (SSSR count). The second-order valence-electron chi connectivity index (χ2n) is 6.20. The first-order valence-electron chi connectivity index (χ1n) is 7.10. The van der Waals surface area contributed by atoms with Gasteiger partial charge in [0.15, 0.2) is 5.96 Å². The van der Waals surface area contributed by atoms with E-state index in [0.717, 1.165) is 12.2 Å².